The lowest BCUT2D eigenvalue weighted by Crippen LogP contribution is -2.26. The van der Waals surface area contributed by atoms with Crippen LogP contribution >= 0.6 is 0 Å². The van der Waals surface area contributed by atoms with E-state index in [-0.39, 0.29) is 0 Å². The minimum atomic E-state index is -0.985. The maximum absolute atomic E-state index is 10.5. The minimum absolute atomic E-state index is 0.328. The van der Waals surface area contributed by atoms with Crippen LogP contribution < -0.4 is 5.32 Å². The Morgan fingerprint density at radius 2 is 2.04 bits per heavy atom. The zero-order valence-corrected chi connectivity index (χ0v) is 13.3. The van der Waals surface area contributed by atoms with Gasteiger partial charge in [-0.05, 0) is 18.1 Å². The molecule has 1 aromatic heterocycles. The summed E-state index contributed by atoms with van der Waals surface area (Å²) in [6, 6.07) is 10.8. The number of rotatable bonds is 6. The van der Waals surface area contributed by atoms with E-state index in [1.54, 1.807) is 12.4 Å². The number of carboxylic acid groups (broad SMARTS) is 1. The molecule has 0 spiro atoms. The summed E-state index contributed by atoms with van der Waals surface area (Å²) >= 11 is 0. The fraction of sp³-hybridized carbons (Fsp3) is 0.278. The van der Waals surface area contributed by atoms with E-state index in [2.05, 4.69) is 44.5 Å². The molecule has 1 fully saturated rings. The molecule has 1 aliphatic heterocycles. The van der Waals surface area contributed by atoms with Gasteiger partial charge < -0.3 is 10.4 Å². The van der Waals surface area contributed by atoms with Gasteiger partial charge >= 0.3 is 5.97 Å². The summed E-state index contributed by atoms with van der Waals surface area (Å²) in [5.74, 6) is -0.407. The molecular formula is C18H20N4O2. The topological polar surface area (TPSA) is 78.3 Å². The molecule has 2 heterocycles. The molecule has 0 saturated carbocycles. The zero-order chi connectivity index (χ0) is 16.8. The Morgan fingerprint density at radius 3 is 2.75 bits per heavy atom. The van der Waals surface area contributed by atoms with E-state index in [0.29, 0.717) is 17.6 Å². The molecule has 24 heavy (non-hydrogen) atoms. The van der Waals surface area contributed by atoms with E-state index < -0.39 is 5.97 Å². The molecule has 0 amide bonds. The smallest absolute Gasteiger partial charge is 0.328 e. The third-order valence-corrected chi connectivity index (χ3v) is 3.94. The molecule has 3 rings (SSSR count). The molecule has 2 aromatic rings. The van der Waals surface area contributed by atoms with Crippen molar-refractivity contribution in [1.29, 1.82) is 0 Å². The van der Waals surface area contributed by atoms with Gasteiger partial charge in [-0.25, -0.2) is 14.8 Å². The average molecular weight is 324 g/mol. The number of likely N-dealkylation sites (tertiary alicyclic amines) is 1. The molecule has 1 aromatic carbocycles. The zero-order valence-electron chi connectivity index (χ0n) is 13.3. The molecule has 1 saturated heterocycles. The first-order valence-corrected chi connectivity index (χ1v) is 7.95. The standard InChI is InChI=1S/C18H20N4O2/c23-17(24)7-6-15-10-19-18(20-11-15)21-16-8-9-22(13-16)12-14-4-2-1-3-5-14/h1-7,10-11,16H,8-9,12-13H2,(H,23,24)(H,19,20,21)/t16-/m1/s1. The molecule has 0 bridgehead atoms. The lowest BCUT2D eigenvalue weighted by atomic mass is 10.2. The minimum Gasteiger partial charge on any atom is -0.478 e. The van der Waals surface area contributed by atoms with E-state index >= 15 is 0 Å². The van der Waals surface area contributed by atoms with Crippen LogP contribution in [0.5, 0.6) is 0 Å². The van der Waals surface area contributed by atoms with Gasteiger partial charge in [0.05, 0.1) is 0 Å². The summed E-state index contributed by atoms with van der Waals surface area (Å²) in [7, 11) is 0. The SMILES string of the molecule is O=C(O)C=Cc1cnc(N[C@@H]2CCN(Cc3ccccc3)C2)nc1. The van der Waals surface area contributed by atoms with Crippen molar-refractivity contribution in [2.75, 3.05) is 18.4 Å². The Hall–Kier alpha value is -2.73. The lowest BCUT2D eigenvalue weighted by Gasteiger charge is -2.16. The van der Waals surface area contributed by atoms with Gasteiger partial charge in [-0.2, -0.15) is 0 Å². The number of nitrogens with zero attached hydrogens (tertiary/aromatic N) is 3. The van der Waals surface area contributed by atoms with Gasteiger partial charge in [-0.1, -0.05) is 30.3 Å². The third kappa shape index (κ3) is 4.63. The van der Waals surface area contributed by atoms with Crippen molar-refractivity contribution in [1.82, 2.24) is 14.9 Å². The molecule has 6 heteroatoms. The van der Waals surface area contributed by atoms with Crippen molar-refractivity contribution in [3.63, 3.8) is 0 Å². The average Bonchev–Trinajstić information content (AvgIpc) is 3.02. The molecule has 0 aliphatic carbocycles. The van der Waals surface area contributed by atoms with E-state index in [9.17, 15) is 4.79 Å². The fourth-order valence-corrected chi connectivity index (χ4v) is 2.78. The molecule has 124 valence electrons. The number of anilines is 1. The molecule has 0 unspecified atom stereocenters. The fourth-order valence-electron chi connectivity index (χ4n) is 2.78. The maximum atomic E-state index is 10.5. The van der Waals surface area contributed by atoms with E-state index in [1.165, 1.54) is 11.6 Å². The number of aromatic nitrogens is 2. The summed E-state index contributed by atoms with van der Waals surface area (Å²) in [5.41, 5.74) is 1.99. The van der Waals surface area contributed by atoms with Gasteiger partial charge in [-0.15, -0.1) is 0 Å². The predicted octanol–water partition coefficient (Wildman–Crippen LogP) is 2.26. The highest BCUT2D eigenvalue weighted by molar-refractivity contribution is 5.85. The normalized spacial score (nSPS) is 18.1. The molecular weight excluding hydrogens is 304 g/mol. The van der Waals surface area contributed by atoms with Gasteiger partial charge in [0.25, 0.3) is 0 Å². The lowest BCUT2D eigenvalue weighted by molar-refractivity contribution is -0.131. The van der Waals surface area contributed by atoms with Crippen molar-refractivity contribution in [2.45, 2.75) is 19.0 Å². The first-order chi connectivity index (χ1) is 11.7. The highest BCUT2D eigenvalue weighted by Crippen LogP contribution is 2.16. The predicted molar refractivity (Wildman–Crippen MR) is 92.4 cm³/mol. The number of hydrogen-bond donors (Lipinski definition) is 2. The molecule has 0 radical (unpaired) electrons. The number of carbonyl (C=O) groups is 1. The van der Waals surface area contributed by atoms with Crippen LogP contribution in [0.15, 0.2) is 48.8 Å². The first-order valence-electron chi connectivity index (χ1n) is 7.95. The quantitative estimate of drug-likeness (QED) is 0.794. The van der Waals surface area contributed by atoms with Gasteiger partial charge in [0.15, 0.2) is 0 Å². The Labute approximate surface area is 140 Å². The second kappa shape index (κ2) is 7.70. The van der Waals surface area contributed by atoms with E-state index in [0.717, 1.165) is 32.1 Å². The van der Waals surface area contributed by atoms with Crippen molar-refractivity contribution in [3.05, 3.63) is 59.9 Å². The summed E-state index contributed by atoms with van der Waals surface area (Å²) in [4.78, 5) is 21.4. The van der Waals surface area contributed by atoms with Crippen LogP contribution in [0, 0.1) is 0 Å². The molecule has 2 N–H and O–H groups in total. The van der Waals surface area contributed by atoms with Crippen LogP contribution in [0.1, 0.15) is 17.5 Å². The Morgan fingerprint density at radius 1 is 1.29 bits per heavy atom. The van der Waals surface area contributed by atoms with Gasteiger partial charge in [0, 0.05) is 49.7 Å². The molecule has 6 nitrogen and oxygen atoms in total. The van der Waals surface area contributed by atoms with Crippen molar-refractivity contribution >= 4 is 18.0 Å². The maximum Gasteiger partial charge on any atom is 0.328 e. The third-order valence-electron chi connectivity index (χ3n) is 3.94. The van der Waals surface area contributed by atoms with Crippen molar-refractivity contribution < 1.29 is 9.90 Å². The van der Waals surface area contributed by atoms with Crippen LogP contribution in [-0.4, -0.2) is 45.1 Å². The number of hydrogen-bond acceptors (Lipinski definition) is 5. The highest BCUT2D eigenvalue weighted by Gasteiger charge is 2.22. The Kier molecular flexibility index (Phi) is 5.18. The number of carboxylic acids is 1. The van der Waals surface area contributed by atoms with Crippen LogP contribution in [0.3, 0.4) is 0 Å². The monoisotopic (exact) mass is 324 g/mol. The molecule has 1 atom stereocenters. The largest absolute Gasteiger partial charge is 0.478 e. The Balaban J connectivity index is 1.51. The van der Waals surface area contributed by atoms with Gasteiger partial charge in [0.1, 0.15) is 0 Å². The van der Waals surface area contributed by atoms with Gasteiger partial charge in [0.2, 0.25) is 5.95 Å². The summed E-state index contributed by atoms with van der Waals surface area (Å²) in [6.07, 6.45) is 6.83. The van der Waals surface area contributed by atoms with Crippen LogP contribution in [0.25, 0.3) is 6.08 Å². The first kappa shape index (κ1) is 16.1. The number of aliphatic carboxylic acids is 1. The van der Waals surface area contributed by atoms with Crippen LogP contribution in [-0.2, 0) is 11.3 Å². The highest BCUT2D eigenvalue weighted by atomic mass is 16.4. The van der Waals surface area contributed by atoms with Crippen molar-refractivity contribution in [2.24, 2.45) is 0 Å². The Bertz CT molecular complexity index is 701. The second-order valence-corrected chi connectivity index (χ2v) is 5.86. The summed E-state index contributed by atoms with van der Waals surface area (Å²) in [5, 5.41) is 11.9. The summed E-state index contributed by atoms with van der Waals surface area (Å²) in [6.45, 7) is 2.96. The summed E-state index contributed by atoms with van der Waals surface area (Å²) < 4.78 is 0. The number of benzene rings is 1. The second-order valence-electron chi connectivity index (χ2n) is 5.86. The van der Waals surface area contributed by atoms with E-state index in [1.807, 2.05) is 6.07 Å². The van der Waals surface area contributed by atoms with Crippen molar-refractivity contribution in [3.8, 4) is 0 Å². The van der Waals surface area contributed by atoms with Crippen LogP contribution in [0.4, 0.5) is 5.95 Å². The number of nitrogens with one attached hydrogen (secondary N) is 1. The molecule has 1 aliphatic rings. The van der Waals surface area contributed by atoms with Crippen LogP contribution in [0.2, 0.25) is 0 Å². The van der Waals surface area contributed by atoms with E-state index in [4.69, 9.17) is 5.11 Å². The van der Waals surface area contributed by atoms with Gasteiger partial charge in [-0.3, -0.25) is 4.90 Å².